The molecule has 7 nitrogen and oxygen atoms in total. The van der Waals surface area contributed by atoms with E-state index in [1.807, 2.05) is 26.0 Å². The average molecular weight is 404 g/mol. The molecule has 2 heterocycles. The summed E-state index contributed by atoms with van der Waals surface area (Å²) in [4.78, 5) is 35.9. The van der Waals surface area contributed by atoms with Crippen molar-refractivity contribution in [1.82, 2.24) is 10.2 Å². The molecule has 0 spiro atoms. The first-order valence-electron chi connectivity index (χ1n) is 9.94. The van der Waals surface area contributed by atoms with Crippen LogP contribution in [0.5, 0.6) is 5.75 Å². The van der Waals surface area contributed by atoms with Gasteiger partial charge in [-0.15, -0.1) is 0 Å². The largest absolute Gasteiger partial charge is 0.507 e. The number of carbonyl (C=O) groups is 2. The maximum atomic E-state index is 12.6. The van der Waals surface area contributed by atoms with Crippen LogP contribution in [0.4, 0.5) is 0 Å². The van der Waals surface area contributed by atoms with Gasteiger partial charge in [0, 0.05) is 29.5 Å². The number of hydrogen-bond acceptors (Lipinski definition) is 6. The van der Waals surface area contributed by atoms with E-state index < -0.39 is 0 Å². The van der Waals surface area contributed by atoms with Crippen LogP contribution < -0.4 is 15.9 Å². The molecule has 0 atom stereocenters. The maximum Gasteiger partial charge on any atom is 0.274 e. The van der Waals surface area contributed by atoms with Crippen LogP contribution in [0, 0.1) is 0 Å². The van der Waals surface area contributed by atoms with Gasteiger partial charge in [-0.2, -0.15) is 0 Å². The van der Waals surface area contributed by atoms with Gasteiger partial charge < -0.3 is 15.3 Å². The first kappa shape index (κ1) is 20.1. The summed E-state index contributed by atoms with van der Waals surface area (Å²) in [7, 11) is 5.73. The van der Waals surface area contributed by atoms with Crippen molar-refractivity contribution in [2.75, 3.05) is 34.2 Å². The van der Waals surface area contributed by atoms with Crippen molar-refractivity contribution in [3.63, 3.8) is 0 Å². The van der Waals surface area contributed by atoms with Gasteiger partial charge in [-0.05, 0) is 70.4 Å². The molecule has 2 N–H and O–H groups in total. The number of nitrogens with one attached hydrogen (secondary N) is 1. The van der Waals surface area contributed by atoms with E-state index in [1.165, 1.54) is 6.08 Å². The highest BCUT2D eigenvalue weighted by Gasteiger charge is 2.29. The van der Waals surface area contributed by atoms with Gasteiger partial charge in [0.2, 0.25) is 0 Å². The standard InChI is InChI=1S/C23H24N4O3/c1-24-10-8-13-12-25-21-14(4-6-17(28)19(13)21)15-5-7-18(29)20-16(9-11-27(2)3)23(30)26-22(15)20/h4-7,12,24,29H,8-11H2,1-3H3. The number of benzene rings is 1. The number of carbonyl (C=O) groups excluding carboxylic acids is 2. The summed E-state index contributed by atoms with van der Waals surface area (Å²) in [5.41, 5.74) is 4.05. The lowest BCUT2D eigenvalue weighted by molar-refractivity contribution is -0.113. The molecule has 0 aromatic heterocycles. The molecule has 7 heteroatoms. The zero-order valence-electron chi connectivity index (χ0n) is 17.3. The fraction of sp³-hybridized carbons (Fsp3) is 0.304. The zero-order chi connectivity index (χ0) is 21.4. The Morgan fingerprint density at radius 3 is 2.67 bits per heavy atom. The first-order chi connectivity index (χ1) is 14.4. The minimum absolute atomic E-state index is 0.0407. The predicted octanol–water partition coefficient (Wildman–Crippen LogP) is 0.495. The Labute approximate surface area is 174 Å². The molecule has 1 aromatic carbocycles. The molecule has 1 aromatic rings. The number of aromatic hydroxyl groups is 1. The smallest absolute Gasteiger partial charge is 0.274 e. The lowest BCUT2D eigenvalue weighted by Gasteiger charge is -2.14. The predicted molar refractivity (Wildman–Crippen MR) is 116 cm³/mol. The molecule has 0 saturated heterocycles. The minimum Gasteiger partial charge on any atom is -0.507 e. The highest BCUT2D eigenvalue weighted by molar-refractivity contribution is 6.19. The van der Waals surface area contributed by atoms with E-state index in [-0.39, 0.29) is 17.4 Å². The summed E-state index contributed by atoms with van der Waals surface area (Å²) in [5, 5.41) is 14.5. The molecule has 154 valence electrons. The van der Waals surface area contributed by atoms with Crippen molar-refractivity contribution < 1.29 is 14.7 Å². The summed E-state index contributed by atoms with van der Waals surface area (Å²) < 4.78 is 0. The van der Waals surface area contributed by atoms with Gasteiger partial charge in [0.15, 0.2) is 5.78 Å². The number of rotatable bonds is 7. The number of fused-ring (bicyclic) bond motifs is 2. The fourth-order valence-electron chi connectivity index (χ4n) is 3.95. The molecule has 0 unspecified atom stereocenters. The Balaban J connectivity index is 1.89. The highest BCUT2D eigenvalue weighted by atomic mass is 16.3. The Bertz CT molecular complexity index is 1200. The Morgan fingerprint density at radius 2 is 1.93 bits per heavy atom. The van der Waals surface area contributed by atoms with Gasteiger partial charge in [-0.25, -0.2) is 4.99 Å². The number of aliphatic imine (C=N–C) groups is 1. The third kappa shape index (κ3) is 3.36. The first-order valence-corrected chi connectivity index (χ1v) is 9.94. The topological polar surface area (TPSA) is 94.4 Å². The van der Waals surface area contributed by atoms with E-state index in [2.05, 4.69) is 15.3 Å². The summed E-state index contributed by atoms with van der Waals surface area (Å²) in [6.45, 7) is 1.42. The summed E-state index contributed by atoms with van der Waals surface area (Å²) in [5.74, 6) is -0.352. The van der Waals surface area contributed by atoms with E-state index in [4.69, 9.17) is 0 Å². The lowest BCUT2D eigenvalue weighted by atomic mass is 9.89. The van der Waals surface area contributed by atoms with Gasteiger partial charge in [-0.3, -0.25) is 14.6 Å². The number of ketones is 1. The van der Waals surface area contributed by atoms with Gasteiger partial charge in [0.05, 0.1) is 21.8 Å². The number of hydrogen-bond donors (Lipinski definition) is 2. The van der Waals surface area contributed by atoms with Gasteiger partial charge in [0.1, 0.15) is 5.75 Å². The monoisotopic (exact) mass is 404 g/mol. The van der Waals surface area contributed by atoms with Crippen molar-refractivity contribution in [2.24, 2.45) is 9.98 Å². The number of phenols is 1. The van der Waals surface area contributed by atoms with Crippen molar-refractivity contribution in [3.8, 4) is 5.75 Å². The number of allylic oxidation sites excluding steroid dienone is 4. The molecule has 0 saturated carbocycles. The molecule has 0 fully saturated rings. The molecule has 3 aliphatic rings. The summed E-state index contributed by atoms with van der Waals surface area (Å²) >= 11 is 0. The molecule has 30 heavy (non-hydrogen) atoms. The number of amides is 1. The normalized spacial score (nSPS) is 17.4. The van der Waals surface area contributed by atoms with Crippen LogP contribution in [-0.4, -0.2) is 62.1 Å². The van der Waals surface area contributed by atoms with Gasteiger partial charge >= 0.3 is 0 Å². The average Bonchev–Trinajstić information content (AvgIpc) is 3.28. The number of phenolic OH excluding ortho intramolecular Hbond substituents is 1. The second-order valence-corrected chi connectivity index (χ2v) is 7.78. The summed E-state index contributed by atoms with van der Waals surface area (Å²) in [6.07, 6.45) is 6.20. The van der Waals surface area contributed by atoms with Crippen LogP contribution in [0.25, 0.3) is 11.1 Å². The van der Waals surface area contributed by atoms with Crippen LogP contribution in [0.15, 0.2) is 51.1 Å². The van der Waals surface area contributed by atoms with Crippen molar-refractivity contribution in [1.29, 1.82) is 0 Å². The van der Waals surface area contributed by atoms with Crippen molar-refractivity contribution in [3.05, 3.63) is 57.3 Å². The maximum absolute atomic E-state index is 12.6. The number of nitrogens with zero attached hydrogens (tertiary/aromatic N) is 3. The highest BCUT2D eigenvalue weighted by Crippen LogP contribution is 2.35. The van der Waals surface area contributed by atoms with Crippen LogP contribution in [-0.2, 0) is 9.59 Å². The minimum atomic E-state index is -0.323. The third-order valence-corrected chi connectivity index (χ3v) is 5.48. The van der Waals surface area contributed by atoms with E-state index >= 15 is 0 Å². The molecule has 2 aliphatic heterocycles. The zero-order valence-corrected chi connectivity index (χ0v) is 17.3. The Morgan fingerprint density at radius 1 is 1.13 bits per heavy atom. The molecule has 1 aliphatic carbocycles. The van der Waals surface area contributed by atoms with Crippen molar-refractivity contribution in [2.45, 2.75) is 12.8 Å². The van der Waals surface area contributed by atoms with Crippen LogP contribution >= 0.6 is 0 Å². The lowest BCUT2D eigenvalue weighted by Crippen LogP contribution is -2.28. The third-order valence-electron chi connectivity index (χ3n) is 5.48. The van der Waals surface area contributed by atoms with Crippen LogP contribution in [0.2, 0.25) is 0 Å². The second kappa shape index (κ2) is 7.93. The molecule has 1 amide bonds. The van der Waals surface area contributed by atoms with Crippen LogP contribution in [0.1, 0.15) is 18.4 Å². The van der Waals surface area contributed by atoms with E-state index in [1.54, 1.807) is 24.4 Å². The Kier molecular flexibility index (Phi) is 5.32. The van der Waals surface area contributed by atoms with Gasteiger partial charge in [0.25, 0.3) is 5.91 Å². The fourth-order valence-corrected chi connectivity index (χ4v) is 3.95. The van der Waals surface area contributed by atoms with Crippen LogP contribution in [0.3, 0.4) is 0 Å². The molecular formula is C23H24N4O3. The Hall–Kier alpha value is -3.16. The van der Waals surface area contributed by atoms with E-state index in [0.29, 0.717) is 52.4 Å². The van der Waals surface area contributed by atoms with E-state index in [0.717, 1.165) is 17.7 Å². The molecule has 0 radical (unpaired) electrons. The second-order valence-electron chi connectivity index (χ2n) is 7.78. The quantitative estimate of drug-likeness (QED) is 0.690. The molecule has 4 rings (SSSR count). The van der Waals surface area contributed by atoms with Crippen molar-refractivity contribution >= 4 is 29.1 Å². The SMILES string of the molecule is CNCCC1=C2C(=O)C=CC(c3ccc(O)c4c3=NC(=O)C=4CCN(C)C)=C2N=C1. The van der Waals surface area contributed by atoms with Gasteiger partial charge in [-0.1, -0.05) is 0 Å². The molecule has 0 bridgehead atoms. The van der Waals surface area contributed by atoms with E-state index in [9.17, 15) is 14.7 Å². The molecular weight excluding hydrogens is 380 g/mol. The summed E-state index contributed by atoms with van der Waals surface area (Å²) in [6, 6.07) is 3.32.